The van der Waals surface area contributed by atoms with Crippen molar-refractivity contribution in [1.29, 1.82) is 0 Å². The molecule has 32 heavy (non-hydrogen) atoms. The lowest BCUT2D eigenvalue weighted by Crippen LogP contribution is -2.49. The summed E-state index contributed by atoms with van der Waals surface area (Å²) < 4.78 is 15.6. The molecule has 1 fully saturated rings. The highest BCUT2D eigenvalue weighted by molar-refractivity contribution is 6.13. The molecule has 1 amide bonds. The summed E-state index contributed by atoms with van der Waals surface area (Å²) in [5, 5.41) is 0.934. The number of amides is 1. The molecule has 0 spiro atoms. The normalized spacial score (nSPS) is 14.2. The third-order valence-corrected chi connectivity index (χ3v) is 6.23. The number of pyridine rings is 1. The number of carbonyl (C=O) groups excluding carboxylic acids is 1. The summed E-state index contributed by atoms with van der Waals surface area (Å²) in [4.78, 5) is 22.4. The van der Waals surface area contributed by atoms with Crippen LogP contribution in [0.2, 0.25) is 0 Å². The smallest absolute Gasteiger partial charge is 0.256 e. The summed E-state index contributed by atoms with van der Waals surface area (Å²) in [6.45, 7) is 4.75. The second kappa shape index (κ2) is 8.11. The number of halogens is 1. The maximum atomic E-state index is 13.8. The zero-order valence-electron chi connectivity index (χ0n) is 18.3. The van der Waals surface area contributed by atoms with E-state index in [0.717, 1.165) is 46.6 Å². The predicted molar refractivity (Wildman–Crippen MR) is 125 cm³/mol. The van der Waals surface area contributed by atoms with Gasteiger partial charge in [0.25, 0.3) is 5.91 Å². The number of anilines is 1. The molecule has 1 aliphatic rings. The Kier molecular flexibility index (Phi) is 5.13. The van der Waals surface area contributed by atoms with Crippen LogP contribution in [0.5, 0.6) is 0 Å². The molecule has 1 aliphatic heterocycles. The Hall–Kier alpha value is -3.67. The van der Waals surface area contributed by atoms with Crippen LogP contribution in [-0.4, -0.2) is 46.5 Å². The van der Waals surface area contributed by atoms with Crippen molar-refractivity contribution in [3.8, 4) is 11.3 Å². The second-order valence-corrected chi connectivity index (χ2v) is 8.28. The average Bonchev–Trinajstić information content (AvgIpc) is 3.11. The standard InChI is InChI=1S/C26H25FN4O/c1-18-6-11-22-21(17-18)24(25(29(22)2)19-7-9-20(27)10-8-19)26(32)31-15-13-30(14-16-31)23-5-3-4-12-28-23/h3-12,17H,13-16H2,1-2H3. The number of carbonyl (C=O) groups is 1. The van der Waals surface area contributed by atoms with E-state index < -0.39 is 0 Å². The minimum Gasteiger partial charge on any atom is -0.353 e. The number of nitrogens with zero attached hydrogens (tertiary/aromatic N) is 4. The molecule has 0 radical (unpaired) electrons. The topological polar surface area (TPSA) is 41.4 Å². The van der Waals surface area contributed by atoms with E-state index in [4.69, 9.17) is 0 Å². The van der Waals surface area contributed by atoms with E-state index in [1.54, 1.807) is 18.3 Å². The first-order chi connectivity index (χ1) is 15.5. The number of aromatic nitrogens is 2. The number of aryl methyl sites for hydroxylation is 2. The summed E-state index contributed by atoms with van der Waals surface area (Å²) >= 11 is 0. The second-order valence-electron chi connectivity index (χ2n) is 8.28. The van der Waals surface area contributed by atoms with Gasteiger partial charge in [-0.15, -0.1) is 0 Å². The average molecular weight is 429 g/mol. The summed E-state index contributed by atoms with van der Waals surface area (Å²) in [7, 11) is 1.96. The first-order valence-corrected chi connectivity index (χ1v) is 10.8. The number of hydrogen-bond donors (Lipinski definition) is 0. The minimum atomic E-state index is -0.290. The molecule has 2 aromatic heterocycles. The Morgan fingerprint density at radius 1 is 0.969 bits per heavy atom. The molecular weight excluding hydrogens is 403 g/mol. The van der Waals surface area contributed by atoms with Crippen LogP contribution in [0.15, 0.2) is 66.9 Å². The van der Waals surface area contributed by atoms with E-state index in [0.29, 0.717) is 18.7 Å². The van der Waals surface area contributed by atoms with Crippen molar-refractivity contribution in [1.82, 2.24) is 14.5 Å². The van der Waals surface area contributed by atoms with Crippen LogP contribution in [0.4, 0.5) is 10.2 Å². The van der Waals surface area contributed by atoms with Crippen LogP contribution < -0.4 is 4.90 Å². The Balaban J connectivity index is 1.53. The third-order valence-electron chi connectivity index (χ3n) is 6.23. The maximum Gasteiger partial charge on any atom is 0.256 e. The van der Waals surface area contributed by atoms with Gasteiger partial charge < -0.3 is 14.4 Å². The Labute approximate surface area is 186 Å². The lowest BCUT2D eigenvalue weighted by atomic mass is 10.0. The van der Waals surface area contributed by atoms with Crippen molar-refractivity contribution in [2.75, 3.05) is 31.1 Å². The van der Waals surface area contributed by atoms with E-state index in [9.17, 15) is 9.18 Å². The lowest BCUT2D eigenvalue weighted by Gasteiger charge is -2.35. The molecule has 5 rings (SSSR count). The first-order valence-electron chi connectivity index (χ1n) is 10.8. The highest BCUT2D eigenvalue weighted by atomic mass is 19.1. The van der Waals surface area contributed by atoms with Crippen LogP contribution in [-0.2, 0) is 7.05 Å². The molecule has 1 saturated heterocycles. The quantitative estimate of drug-likeness (QED) is 0.477. The molecule has 6 heteroatoms. The fourth-order valence-corrected chi connectivity index (χ4v) is 4.56. The number of benzene rings is 2. The molecule has 5 nitrogen and oxygen atoms in total. The van der Waals surface area contributed by atoms with Gasteiger partial charge in [-0.3, -0.25) is 4.79 Å². The number of hydrogen-bond acceptors (Lipinski definition) is 3. The van der Waals surface area contributed by atoms with Crippen molar-refractivity contribution in [2.24, 2.45) is 7.05 Å². The van der Waals surface area contributed by atoms with E-state index >= 15 is 0 Å². The zero-order chi connectivity index (χ0) is 22.2. The summed E-state index contributed by atoms with van der Waals surface area (Å²) in [5.74, 6) is 0.662. The molecule has 0 N–H and O–H groups in total. The summed E-state index contributed by atoms with van der Waals surface area (Å²) in [6.07, 6.45) is 1.79. The highest BCUT2D eigenvalue weighted by Crippen LogP contribution is 2.35. The van der Waals surface area contributed by atoms with Crippen molar-refractivity contribution < 1.29 is 9.18 Å². The molecule has 3 heterocycles. The summed E-state index contributed by atoms with van der Waals surface area (Å²) in [5.41, 5.74) is 4.43. The SMILES string of the molecule is Cc1ccc2c(c1)c(C(=O)N1CCN(c3ccccn3)CC1)c(-c1ccc(F)cc1)n2C. The predicted octanol–water partition coefficient (Wildman–Crippen LogP) is 4.65. The van der Waals surface area contributed by atoms with E-state index in [1.807, 2.05) is 47.7 Å². The lowest BCUT2D eigenvalue weighted by molar-refractivity contribution is 0.0749. The highest BCUT2D eigenvalue weighted by Gasteiger charge is 2.29. The van der Waals surface area contributed by atoms with Crippen molar-refractivity contribution in [3.63, 3.8) is 0 Å². The molecule has 4 aromatic rings. The molecular formula is C26H25FN4O. The monoisotopic (exact) mass is 428 g/mol. The van der Waals surface area contributed by atoms with Crippen LogP contribution in [0.25, 0.3) is 22.2 Å². The Bertz CT molecular complexity index is 1270. The number of fused-ring (bicyclic) bond motifs is 1. The van der Waals surface area contributed by atoms with Gasteiger partial charge >= 0.3 is 0 Å². The minimum absolute atomic E-state index is 0.0150. The van der Waals surface area contributed by atoms with Gasteiger partial charge in [-0.25, -0.2) is 9.37 Å². The van der Waals surface area contributed by atoms with Gasteiger partial charge in [0, 0.05) is 50.3 Å². The van der Waals surface area contributed by atoms with Gasteiger partial charge in [0.15, 0.2) is 0 Å². The molecule has 0 atom stereocenters. The van der Waals surface area contributed by atoms with Gasteiger partial charge in [0.1, 0.15) is 11.6 Å². The fourth-order valence-electron chi connectivity index (χ4n) is 4.56. The van der Waals surface area contributed by atoms with Crippen LogP contribution >= 0.6 is 0 Å². The largest absolute Gasteiger partial charge is 0.353 e. The van der Waals surface area contributed by atoms with Crippen LogP contribution in [0.3, 0.4) is 0 Å². The molecule has 0 bridgehead atoms. The van der Waals surface area contributed by atoms with Gasteiger partial charge in [0.05, 0.1) is 11.3 Å². The Morgan fingerprint density at radius 3 is 2.41 bits per heavy atom. The molecule has 0 saturated carbocycles. The zero-order valence-corrected chi connectivity index (χ0v) is 18.3. The third kappa shape index (κ3) is 3.51. The van der Waals surface area contributed by atoms with Gasteiger partial charge in [-0.1, -0.05) is 17.7 Å². The molecule has 162 valence electrons. The van der Waals surface area contributed by atoms with Gasteiger partial charge in [-0.2, -0.15) is 0 Å². The van der Waals surface area contributed by atoms with Gasteiger partial charge in [0.2, 0.25) is 0 Å². The van der Waals surface area contributed by atoms with E-state index in [2.05, 4.69) is 22.0 Å². The summed E-state index contributed by atoms with van der Waals surface area (Å²) in [6, 6.07) is 18.4. The number of rotatable bonds is 3. The Morgan fingerprint density at radius 2 is 1.72 bits per heavy atom. The molecule has 0 aliphatic carbocycles. The molecule has 2 aromatic carbocycles. The first kappa shape index (κ1) is 20.2. The maximum absolute atomic E-state index is 13.8. The number of piperazine rings is 1. The van der Waals surface area contributed by atoms with Crippen LogP contribution in [0, 0.1) is 12.7 Å². The van der Waals surface area contributed by atoms with Crippen molar-refractivity contribution >= 4 is 22.6 Å². The van der Waals surface area contributed by atoms with E-state index in [-0.39, 0.29) is 11.7 Å². The molecule has 0 unspecified atom stereocenters. The van der Waals surface area contributed by atoms with Crippen molar-refractivity contribution in [3.05, 3.63) is 83.8 Å². The van der Waals surface area contributed by atoms with Crippen LogP contribution in [0.1, 0.15) is 15.9 Å². The van der Waals surface area contributed by atoms with E-state index in [1.165, 1.54) is 12.1 Å². The van der Waals surface area contributed by atoms with Gasteiger partial charge in [-0.05, 0) is 61.0 Å². The fraction of sp³-hybridized carbons (Fsp3) is 0.231. The van der Waals surface area contributed by atoms with Crippen molar-refractivity contribution in [2.45, 2.75) is 6.92 Å².